The van der Waals surface area contributed by atoms with Gasteiger partial charge in [0.05, 0.1) is 12.9 Å². The van der Waals surface area contributed by atoms with Crippen molar-refractivity contribution in [2.75, 3.05) is 20.4 Å². The molecule has 146 valence electrons. The number of sulfone groups is 1. The lowest BCUT2D eigenvalue weighted by molar-refractivity contribution is 0.397. The number of hydrogen-bond donors (Lipinski definition) is 2. The second-order valence-corrected chi connectivity index (χ2v) is 8.11. The molecule has 2 aromatic rings. The molecule has 9 heteroatoms. The molecule has 0 aliphatic carbocycles. The summed E-state index contributed by atoms with van der Waals surface area (Å²) in [4.78, 5) is 8.24. The predicted octanol–water partition coefficient (Wildman–Crippen LogP) is 1.64. The molecule has 0 fully saturated rings. The fourth-order valence-electron chi connectivity index (χ4n) is 2.40. The molecule has 7 nitrogen and oxygen atoms in total. The van der Waals surface area contributed by atoms with Crippen LogP contribution in [0.1, 0.15) is 16.7 Å². The first-order chi connectivity index (χ1) is 12.8. The predicted molar refractivity (Wildman–Crippen MR) is 103 cm³/mol. The molecule has 0 saturated carbocycles. The Bertz CT molecular complexity index is 899. The summed E-state index contributed by atoms with van der Waals surface area (Å²) in [5.74, 6) is 0.468. The SMILES string of the molecule is CN=C(NCc1ccc(OC)nc1)NCc1cc(F)ccc1CS(C)(=O)=O. The van der Waals surface area contributed by atoms with Crippen LogP contribution in [-0.4, -0.2) is 39.8 Å². The van der Waals surface area contributed by atoms with Crippen LogP contribution in [0.3, 0.4) is 0 Å². The lowest BCUT2D eigenvalue weighted by Crippen LogP contribution is -2.36. The quantitative estimate of drug-likeness (QED) is 0.548. The molecule has 1 aromatic heterocycles. The fraction of sp³-hybridized carbons (Fsp3) is 0.333. The van der Waals surface area contributed by atoms with E-state index in [1.165, 1.54) is 18.2 Å². The topological polar surface area (TPSA) is 92.7 Å². The van der Waals surface area contributed by atoms with Crippen LogP contribution in [0.4, 0.5) is 4.39 Å². The van der Waals surface area contributed by atoms with Gasteiger partial charge in [0.1, 0.15) is 5.82 Å². The Morgan fingerprint density at radius 3 is 2.52 bits per heavy atom. The first-order valence-electron chi connectivity index (χ1n) is 8.19. The van der Waals surface area contributed by atoms with Gasteiger partial charge in [-0.05, 0) is 28.8 Å². The molecule has 0 aliphatic heterocycles. The van der Waals surface area contributed by atoms with E-state index in [0.29, 0.717) is 29.5 Å². The number of nitrogens with one attached hydrogen (secondary N) is 2. The number of guanidine groups is 1. The van der Waals surface area contributed by atoms with Crippen LogP contribution >= 0.6 is 0 Å². The monoisotopic (exact) mass is 394 g/mol. The van der Waals surface area contributed by atoms with Crippen molar-refractivity contribution in [2.24, 2.45) is 4.99 Å². The molecule has 2 rings (SSSR count). The second-order valence-electron chi connectivity index (χ2n) is 5.97. The molecule has 27 heavy (non-hydrogen) atoms. The van der Waals surface area contributed by atoms with Crippen LogP contribution in [0.2, 0.25) is 0 Å². The zero-order chi connectivity index (χ0) is 19.9. The van der Waals surface area contributed by atoms with Crippen LogP contribution in [0.5, 0.6) is 5.88 Å². The van der Waals surface area contributed by atoms with E-state index in [2.05, 4.69) is 20.6 Å². The van der Waals surface area contributed by atoms with E-state index in [0.717, 1.165) is 11.8 Å². The standard InChI is InChI=1S/C18H23FN4O3S/c1-20-18(22-10-13-4-7-17(26-2)21-9-13)23-11-15-8-16(19)6-5-14(15)12-27(3,24)25/h4-9H,10-12H2,1-3H3,(H2,20,22,23). The average Bonchev–Trinajstić information content (AvgIpc) is 2.63. The number of aromatic nitrogens is 1. The van der Waals surface area contributed by atoms with E-state index in [1.807, 2.05) is 6.07 Å². The van der Waals surface area contributed by atoms with Crippen molar-refractivity contribution in [1.29, 1.82) is 0 Å². The molecular weight excluding hydrogens is 371 g/mol. The van der Waals surface area contributed by atoms with Crippen molar-refractivity contribution >= 4 is 15.8 Å². The van der Waals surface area contributed by atoms with Gasteiger partial charge in [0.15, 0.2) is 15.8 Å². The van der Waals surface area contributed by atoms with Crippen LogP contribution < -0.4 is 15.4 Å². The molecule has 0 amide bonds. The third-order valence-electron chi connectivity index (χ3n) is 3.72. The molecule has 0 bridgehead atoms. The number of pyridine rings is 1. The highest BCUT2D eigenvalue weighted by Crippen LogP contribution is 2.14. The minimum absolute atomic E-state index is 0.145. The van der Waals surface area contributed by atoms with Gasteiger partial charge in [-0.2, -0.15) is 0 Å². The number of methoxy groups -OCH3 is 1. The number of nitrogens with zero attached hydrogens (tertiary/aromatic N) is 2. The molecule has 0 spiro atoms. The van der Waals surface area contributed by atoms with Gasteiger partial charge < -0.3 is 15.4 Å². The molecule has 1 heterocycles. The van der Waals surface area contributed by atoms with Crippen molar-refractivity contribution < 1.29 is 17.5 Å². The van der Waals surface area contributed by atoms with Crippen molar-refractivity contribution in [3.05, 3.63) is 59.0 Å². The summed E-state index contributed by atoms with van der Waals surface area (Å²) in [6.07, 6.45) is 2.84. The lowest BCUT2D eigenvalue weighted by Gasteiger charge is -2.14. The third-order valence-corrected chi connectivity index (χ3v) is 4.56. The van der Waals surface area contributed by atoms with Crippen LogP contribution in [0.25, 0.3) is 0 Å². The van der Waals surface area contributed by atoms with Crippen molar-refractivity contribution in [2.45, 2.75) is 18.8 Å². The maximum atomic E-state index is 13.6. The Balaban J connectivity index is 2.00. The highest BCUT2D eigenvalue weighted by atomic mass is 32.2. The zero-order valence-corrected chi connectivity index (χ0v) is 16.3. The van der Waals surface area contributed by atoms with Gasteiger partial charge in [-0.3, -0.25) is 4.99 Å². The van der Waals surface area contributed by atoms with E-state index in [-0.39, 0.29) is 12.3 Å². The molecule has 0 aliphatic rings. The van der Waals surface area contributed by atoms with E-state index >= 15 is 0 Å². The summed E-state index contributed by atoms with van der Waals surface area (Å²) in [7, 11) is -0.0542. The third kappa shape index (κ3) is 6.86. The average molecular weight is 394 g/mol. The first kappa shape index (κ1) is 20.6. The molecule has 0 atom stereocenters. The maximum absolute atomic E-state index is 13.6. The molecule has 0 unspecified atom stereocenters. The van der Waals surface area contributed by atoms with E-state index in [9.17, 15) is 12.8 Å². The highest BCUT2D eigenvalue weighted by molar-refractivity contribution is 7.89. The van der Waals surface area contributed by atoms with E-state index < -0.39 is 15.7 Å². The summed E-state index contributed by atoms with van der Waals surface area (Å²) >= 11 is 0. The number of benzene rings is 1. The number of rotatable bonds is 7. The fourth-order valence-corrected chi connectivity index (χ4v) is 3.25. The second kappa shape index (κ2) is 9.31. The number of aliphatic imine (C=N–C) groups is 1. The van der Waals surface area contributed by atoms with Gasteiger partial charge >= 0.3 is 0 Å². The Labute approximate surface area is 158 Å². The molecule has 0 saturated heterocycles. The molecule has 2 N–H and O–H groups in total. The Morgan fingerprint density at radius 1 is 1.19 bits per heavy atom. The first-order valence-corrected chi connectivity index (χ1v) is 10.2. The minimum Gasteiger partial charge on any atom is -0.481 e. The smallest absolute Gasteiger partial charge is 0.212 e. The maximum Gasteiger partial charge on any atom is 0.212 e. The van der Waals surface area contributed by atoms with E-state index in [4.69, 9.17) is 4.74 Å². The minimum atomic E-state index is -3.22. The summed E-state index contributed by atoms with van der Waals surface area (Å²) in [5, 5.41) is 6.19. The summed E-state index contributed by atoms with van der Waals surface area (Å²) < 4.78 is 41.7. The van der Waals surface area contributed by atoms with Crippen molar-refractivity contribution in [3.8, 4) is 5.88 Å². The van der Waals surface area contributed by atoms with Crippen molar-refractivity contribution in [1.82, 2.24) is 15.6 Å². The van der Waals surface area contributed by atoms with Gasteiger partial charge in [0, 0.05) is 38.7 Å². The Hall–Kier alpha value is -2.68. The number of halogens is 1. The highest BCUT2D eigenvalue weighted by Gasteiger charge is 2.11. The van der Waals surface area contributed by atoms with Gasteiger partial charge in [-0.1, -0.05) is 12.1 Å². The Kier molecular flexibility index (Phi) is 7.12. The summed E-state index contributed by atoms with van der Waals surface area (Å²) in [6, 6.07) is 7.72. The van der Waals surface area contributed by atoms with Crippen molar-refractivity contribution in [3.63, 3.8) is 0 Å². The molecule has 0 radical (unpaired) electrons. The van der Waals surface area contributed by atoms with Gasteiger partial charge in [-0.25, -0.2) is 17.8 Å². The van der Waals surface area contributed by atoms with Crippen LogP contribution in [-0.2, 0) is 28.7 Å². The molecule has 1 aromatic carbocycles. The number of ether oxygens (including phenoxy) is 1. The van der Waals surface area contributed by atoms with Crippen LogP contribution in [0.15, 0.2) is 41.5 Å². The van der Waals surface area contributed by atoms with Gasteiger partial charge in [-0.15, -0.1) is 0 Å². The van der Waals surface area contributed by atoms with Crippen LogP contribution in [0, 0.1) is 5.82 Å². The summed E-state index contributed by atoms with van der Waals surface area (Å²) in [6.45, 7) is 0.721. The number of hydrogen-bond acceptors (Lipinski definition) is 5. The normalized spacial score (nSPS) is 11.9. The summed E-state index contributed by atoms with van der Waals surface area (Å²) in [5.41, 5.74) is 2.05. The molecular formula is C18H23FN4O3S. The largest absolute Gasteiger partial charge is 0.481 e. The lowest BCUT2D eigenvalue weighted by atomic mass is 10.1. The Morgan fingerprint density at radius 2 is 1.93 bits per heavy atom. The van der Waals surface area contributed by atoms with Gasteiger partial charge in [0.25, 0.3) is 0 Å². The zero-order valence-electron chi connectivity index (χ0n) is 15.5. The van der Waals surface area contributed by atoms with E-state index in [1.54, 1.807) is 26.4 Å². The van der Waals surface area contributed by atoms with Gasteiger partial charge in [0.2, 0.25) is 5.88 Å².